The highest BCUT2D eigenvalue weighted by molar-refractivity contribution is 9.10. The van der Waals surface area contributed by atoms with Gasteiger partial charge in [-0.15, -0.1) is 10.2 Å². The van der Waals surface area contributed by atoms with Gasteiger partial charge in [0.1, 0.15) is 0 Å². The van der Waals surface area contributed by atoms with E-state index in [1.54, 1.807) is 0 Å². The van der Waals surface area contributed by atoms with Crippen LogP contribution in [0.3, 0.4) is 0 Å². The van der Waals surface area contributed by atoms with Gasteiger partial charge in [0.15, 0.2) is 11.0 Å². The number of carbonyl (C=O) groups excluding carboxylic acids is 1. The number of halogens is 2. The summed E-state index contributed by atoms with van der Waals surface area (Å²) in [5, 5.41) is 8.10. The van der Waals surface area contributed by atoms with Gasteiger partial charge in [0, 0.05) is 36.7 Å². The maximum absolute atomic E-state index is 11.7. The fraction of sp³-hybridized carbons (Fsp3) is 0.353. The summed E-state index contributed by atoms with van der Waals surface area (Å²) in [7, 11) is 0. The number of primary amides is 1. The third-order valence-electron chi connectivity index (χ3n) is 4.52. The molecule has 1 aromatic heterocycles. The topological polar surface area (TPSA) is 75.3 Å². The third-order valence-corrected chi connectivity index (χ3v) is 5.24. The van der Waals surface area contributed by atoms with Crippen LogP contribution < -0.4 is 10.6 Å². The van der Waals surface area contributed by atoms with Crippen molar-refractivity contribution in [1.82, 2.24) is 15.1 Å². The van der Waals surface area contributed by atoms with E-state index in [0.717, 1.165) is 30.7 Å². The summed E-state index contributed by atoms with van der Waals surface area (Å²) in [5.74, 6) is -0.0368. The average Bonchev–Trinajstić information content (AvgIpc) is 2.62. The molecule has 0 saturated carbocycles. The lowest BCUT2D eigenvalue weighted by Crippen LogP contribution is -2.48. The van der Waals surface area contributed by atoms with Gasteiger partial charge in [0.2, 0.25) is 0 Å². The first kappa shape index (κ1) is 18.1. The minimum atomic E-state index is -0.544. The number of aromatic nitrogens is 2. The molecule has 1 amide bonds. The van der Waals surface area contributed by atoms with Crippen LogP contribution in [0, 0.1) is 0 Å². The van der Waals surface area contributed by atoms with Crippen molar-refractivity contribution in [3.8, 4) is 0 Å². The lowest BCUT2D eigenvalue weighted by molar-refractivity contribution is 0.1000. The molecule has 1 aromatic carbocycles. The summed E-state index contributed by atoms with van der Waals surface area (Å²) in [6.07, 6.45) is 0. The molecule has 1 unspecified atom stereocenters. The highest BCUT2D eigenvalue weighted by Crippen LogP contribution is 2.26. The molecule has 3 rings (SSSR count). The molecule has 1 aliphatic rings. The summed E-state index contributed by atoms with van der Waals surface area (Å²) >= 11 is 9.30. The summed E-state index contributed by atoms with van der Waals surface area (Å²) in [6.45, 7) is 5.42. The smallest absolute Gasteiger partial charge is 0.252 e. The van der Waals surface area contributed by atoms with Crippen LogP contribution in [-0.2, 0) is 0 Å². The fourth-order valence-corrected chi connectivity index (χ4v) is 3.46. The van der Waals surface area contributed by atoms with Gasteiger partial charge < -0.3 is 10.6 Å². The van der Waals surface area contributed by atoms with Crippen molar-refractivity contribution in [2.75, 3.05) is 31.1 Å². The predicted octanol–water partition coefficient (Wildman–Crippen LogP) is 2.87. The molecule has 1 atom stereocenters. The van der Waals surface area contributed by atoms with Gasteiger partial charge in [-0.2, -0.15) is 0 Å². The van der Waals surface area contributed by atoms with E-state index < -0.39 is 5.91 Å². The number of nitrogens with zero attached hydrogens (tertiary/aromatic N) is 4. The molecule has 6 nitrogen and oxygen atoms in total. The second kappa shape index (κ2) is 7.68. The number of carbonyl (C=O) groups is 1. The minimum Gasteiger partial charge on any atom is -0.365 e. The largest absolute Gasteiger partial charge is 0.365 e. The molecule has 2 N–H and O–H groups in total. The number of rotatable bonds is 4. The first-order valence-corrected chi connectivity index (χ1v) is 9.20. The molecule has 2 aromatic rings. The van der Waals surface area contributed by atoms with Gasteiger partial charge in [0.25, 0.3) is 5.91 Å². The molecule has 25 heavy (non-hydrogen) atoms. The van der Waals surface area contributed by atoms with E-state index >= 15 is 0 Å². The maximum atomic E-state index is 11.7. The molecular formula is C17H19BrClN5O. The van der Waals surface area contributed by atoms with Gasteiger partial charge in [-0.1, -0.05) is 39.7 Å². The molecule has 1 aliphatic heterocycles. The number of piperazine rings is 1. The van der Waals surface area contributed by atoms with Crippen LogP contribution in [0.15, 0.2) is 34.8 Å². The second-order valence-corrected chi connectivity index (χ2v) is 7.32. The van der Waals surface area contributed by atoms with Crippen LogP contribution in [-0.4, -0.2) is 47.2 Å². The van der Waals surface area contributed by atoms with E-state index in [9.17, 15) is 4.79 Å². The van der Waals surface area contributed by atoms with Crippen molar-refractivity contribution in [2.45, 2.75) is 13.0 Å². The third kappa shape index (κ3) is 4.11. The summed E-state index contributed by atoms with van der Waals surface area (Å²) < 4.78 is 1.08. The van der Waals surface area contributed by atoms with E-state index in [0.29, 0.717) is 17.4 Å². The van der Waals surface area contributed by atoms with E-state index in [1.165, 1.54) is 11.6 Å². The van der Waals surface area contributed by atoms with Gasteiger partial charge in [-0.3, -0.25) is 9.69 Å². The van der Waals surface area contributed by atoms with Gasteiger partial charge in [-0.05, 0) is 30.7 Å². The highest BCUT2D eigenvalue weighted by Gasteiger charge is 2.25. The van der Waals surface area contributed by atoms with E-state index in [1.807, 2.05) is 4.90 Å². The normalized spacial score (nSPS) is 16.7. The molecule has 8 heteroatoms. The Morgan fingerprint density at radius 1 is 1.20 bits per heavy atom. The average molecular weight is 425 g/mol. The zero-order chi connectivity index (χ0) is 18.0. The highest BCUT2D eigenvalue weighted by atomic mass is 79.9. The Kier molecular flexibility index (Phi) is 5.56. The molecule has 2 heterocycles. The molecule has 0 bridgehead atoms. The molecule has 1 fully saturated rings. The van der Waals surface area contributed by atoms with Crippen molar-refractivity contribution >= 4 is 39.3 Å². The molecule has 1 saturated heterocycles. The second-order valence-electron chi connectivity index (χ2n) is 6.02. The first-order valence-electron chi connectivity index (χ1n) is 8.03. The van der Waals surface area contributed by atoms with E-state index in [-0.39, 0.29) is 5.15 Å². The Hall–Kier alpha value is -1.70. The fourth-order valence-electron chi connectivity index (χ4n) is 3.05. The number of hydrogen-bond donors (Lipinski definition) is 1. The number of nitrogens with two attached hydrogens (primary N) is 1. The quantitative estimate of drug-likeness (QED) is 0.817. The minimum absolute atomic E-state index is 0.167. The first-order chi connectivity index (χ1) is 12.0. The SMILES string of the molecule is CC(c1ccc(Br)cc1)N1CCN(c2nnc(Cl)cc2C(N)=O)CC1. The summed E-state index contributed by atoms with van der Waals surface area (Å²) in [6, 6.07) is 10.2. The monoisotopic (exact) mass is 423 g/mol. The summed E-state index contributed by atoms with van der Waals surface area (Å²) in [4.78, 5) is 16.1. The maximum Gasteiger partial charge on any atom is 0.252 e. The standard InChI is InChI=1S/C17H19BrClN5O/c1-11(12-2-4-13(18)5-3-12)23-6-8-24(9-7-23)17-14(16(20)25)10-15(19)21-22-17/h2-5,10-11H,6-9H2,1H3,(H2,20,25). The van der Waals surface area contributed by atoms with Gasteiger partial charge >= 0.3 is 0 Å². The molecule has 0 spiro atoms. The van der Waals surface area contributed by atoms with Crippen molar-refractivity contribution < 1.29 is 4.79 Å². The van der Waals surface area contributed by atoms with Crippen LogP contribution in [0.25, 0.3) is 0 Å². The zero-order valence-corrected chi connectivity index (χ0v) is 16.2. The van der Waals surface area contributed by atoms with Crippen LogP contribution in [0.4, 0.5) is 5.82 Å². The van der Waals surface area contributed by atoms with Crippen LogP contribution in [0.1, 0.15) is 28.9 Å². The van der Waals surface area contributed by atoms with Crippen LogP contribution in [0.5, 0.6) is 0 Å². The lowest BCUT2D eigenvalue weighted by atomic mass is 10.1. The van der Waals surface area contributed by atoms with Gasteiger partial charge in [-0.25, -0.2) is 0 Å². The number of benzene rings is 1. The Labute approximate surface area is 160 Å². The lowest BCUT2D eigenvalue weighted by Gasteiger charge is -2.39. The predicted molar refractivity (Wildman–Crippen MR) is 102 cm³/mol. The molecule has 0 radical (unpaired) electrons. The van der Waals surface area contributed by atoms with Gasteiger partial charge in [0.05, 0.1) is 5.56 Å². The van der Waals surface area contributed by atoms with E-state index in [4.69, 9.17) is 17.3 Å². The summed E-state index contributed by atoms with van der Waals surface area (Å²) in [5.41, 5.74) is 7.04. The Morgan fingerprint density at radius 3 is 2.44 bits per heavy atom. The zero-order valence-electron chi connectivity index (χ0n) is 13.8. The van der Waals surface area contributed by atoms with Crippen LogP contribution in [0.2, 0.25) is 5.15 Å². The number of hydrogen-bond acceptors (Lipinski definition) is 5. The number of amides is 1. The van der Waals surface area contributed by atoms with E-state index in [2.05, 4.69) is 62.2 Å². The molecular weight excluding hydrogens is 406 g/mol. The van der Waals surface area contributed by atoms with Crippen molar-refractivity contribution in [2.24, 2.45) is 5.73 Å². The molecule has 0 aliphatic carbocycles. The Morgan fingerprint density at radius 2 is 1.84 bits per heavy atom. The molecule has 132 valence electrons. The van der Waals surface area contributed by atoms with Crippen LogP contribution >= 0.6 is 27.5 Å². The van der Waals surface area contributed by atoms with Crippen molar-refractivity contribution in [3.63, 3.8) is 0 Å². The Bertz CT molecular complexity index is 762. The Balaban J connectivity index is 1.70. The van der Waals surface area contributed by atoms with Crippen molar-refractivity contribution in [1.29, 1.82) is 0 Å². The number of anilines is 1. The van der Waals surface area contributed by atoms with Crippen molar-refractivity contribution in [3.05, 3.63) is 51.1 Å².